The van der Waals surface area contributed by atoms with Gasteiger partial charge in [-0.1, -0.05) is 12.8 Å². The lowest BCUT2D eigenvalue weighted by molar-refractivity contribution is 0.276. The maximum absolute atomic E-state index is 5.95. The summed E-state index contributed by atoms with van der Waals surface area (Å²) >= 11 is 0. The maximum atomic E-state index is 5.95. The summed E-state index contributed by atoms with van der Waals surface area (Å²) in [4.78, 5) is 0. The molecular formula is C10H20N2. The second-order valence-electron chi connectivity index (χ2n) is 4.39. The Kier molecular flexibility index (Phi) is 2.66. The van der Waals surface area contributed by atoms with Crippen LogP contribution in [0.1, 0.15) is 38.5 Å². The van der Waals surface area contributed by atoms with E-state index >= 15 is 0 Å². The summed E-state index contributed by atoms with van der Waals surface area (Å²) < 4.78 is 0. The first-order valence-corrected chi connectivity index (χ1v) is 5.35. The summed E-state index contributed by atoms with van der Waals surface area (Å²) in [6, 6.07) is 1.22. The molecule has 0 aromatic heterocycles. The van der Waals surface area contributed by atoms with Crippen LogP contribution < -0.4 is 11.1 Å². The fourth-order valence-corrected chi connectivity index (χ4v) is 2.70. The highest BCUT2D eigenvalue weighted by Crippen LogP contribution is 2.30. The zero-order valence-corrected chi connectivity index (χ0v) is 7.76. The van der Waals surface area contributed by atoms with Crippen molar-refractivity contribution in [3.05, 3.63) is 0 Å². The Balaban J connectivity index is 1.85. The SMILES string of the molecule is N[C@@H]1CCN[C@H](C2CCCC2)C1. The van der Waals surface area contributed by atoms with Gasteiger partial charge in [-0.25, -0.2) is 0 Å². The Morgan fingerprint density at radius 3 is 2.50 bits per heavy atom. The highest BCUT2D eigenvalue weighted by molar-refractivity contribution is 4.87. The van der Waals surface area contributed by atoms with Gasteiger partial charge >= 0.3 is 0 Å². The average Bonchev–Trinajstić information content (AvgIpc) is 2.56. The summed E-state index contributed by atoms with van der Waals surface area (Å²) in [5.74, 6) is 0.941. The van der Waals surface area contributed by atoms with Gasteiger partial charge in [0.25, 0.3) is 0 Å². The monoisotopic (exact) mass is 168 g/mol. The Morgan fingerprint density at radius 1 is 1.08 bits per heavy atom. The van der Waals surface area contributed by atoms with Crippen molar-refractivity contribution in [2.24, 2.45) is 11.7 Å². The first-order chi connectivity index (χ1) is 5.86. The van der Waals surface area contributed by atoms with E-state index in [1.807, 2.05) is 0 Å². The highest BCUT2D eigenvalue weighted by atomic mass is 14.9. The van der Waals surface area contributed by atoms with E-state index in [0.29, 0.717) is 6.04 Å². The fourth-order valence-electron chi connectivity index (χ4n) is 2.70. The van der Waals surface area contributed by atoms with E-state index in [9.17, 15) is 0 Å². The Labute approximate surface area is 74.9 Å². The predicted octanol–water partition coefficient (Wildman–Crippen LogP) is 1.26. The van der Waals surface area contributed by atoms with Gasteiger partial charge in [-0.05, 0) is 38.1 Å². The van der Waals surface area contributed by atoms with Gasteiger partial charge < -0.3 is 11.1 Å². The molecule has 2 fully saturated rings. The Bertz CT molecular complexity index is 141. The first-order valence-electron chi connectivity index (χ1n) is 5.35. The minimum atomic E-state index is 0.469. The Hall–Kier alpha value is -0.0800. The molecule has 2 atom stereocenters. The molecule has 2 nitrogen and oxygen atoms in total. The summed E-state index contributed by atoms with van der Waals surface area (Å²) in [6.07, 6.45) is 8.14. The first kappa shape index (κ1) is 8.52. The van der Waals surface area contributed by atoms with Crippen LogP contribution in [-0.2, 0) is 0 Å². The number of nitrogens with two attached hydrogens (primary N) is 1. The smallest absolute Gasteiger partial charge is 0.0110 e. The summed E-state index contributed by atoms with van der Waals surface area (Å²) in [5, 5.41) is 3.61. The lowest BCUT2D eigenvalue weighted by Gasteiger charge is -2.32. The lowest BCUT2D eigenvalue weighted by atomic mass is 9.89. The molecule has 1 saturated carbocycles. The van der Waals surface area contributed by atoms with Gasteiger partial charge in [-0.15, -0.1) is 0 Å². The summed E-state index contributed by atoms with van der Waals surface area (Å²) in [5.41, 5.74) is 5.95. The third-order valence-electron chi connectivity index (χ3n) is 3.45. The largest absolute Gasteiger partial charge is 0.328 e. The molecule has 1 aliphatic carbocycles. The molecule has 1 heterocycles. The predicted molar refractivity (Wildman–Crippen MR) is 51.0 cm³/mol. The van der Waals surface area contributed by atoms with Crippen LogP contribution in [0, 0.1) is 5.92 Å². The van der Waals surface area contributed by atoms with Crippen molar-refractivity contribution in [3.63, 3.8) is 0 Å². The number of hydrogen-bond acceptors (Lipinski definition) is 2. The number of piperidine rings is 1. The fraction of sp³-hybridized carbons (Fsp3) is 1.00. The Morgan fingerprint density at radius 2 is 1.83 bits per heavy atom. The highest BCUT2D eigenvalue weighted by Gasteiger charge is 2.28. The third kappa shape index (κ3) is 1.80. The molecule has 3 N–H and O–H groups in total. The molecular weight excluding hydrogens is 148 g/mol. The molecule has 2 aliphatic rings. The van der Waals surface area contributed by atoms with E-state index in [2.05, 4.69) is 5.32 Å². The van der Waals surface area contributed by atoms with Crippen molar-refractivity contribution in [1.82, 2.24) is 5.32 Å². The zero-order chi connectivity index (χ0) is 8.39. The molecule has 0 bridgehead atoms. The van der Waals surface area contributed by atoms with E-state index in [4.69, 9.17) is 5.73 Å². The molecule has 0 spiro atoms. The van der Waals surface area contributed by atoms with Gasteiger partial charge in [0.05, 0.1) is 0 Å². The van der Waals surface area contributed by atoms with Crippen molar-refractivity contribution < 1.29 is 0 Å². The maximum Gasteiger partial charge on any atom is 0.0110 e. The minimum absolute atomic E-state index is 0.469. The van der Waals surface area contributed by atoms with Crippen molar-refractivity contribution in [2.75, 3.05) is 6.54 Å². The lowest BCUT2D eigenvalue weighted by Crippen LogP contribution is -2.46. The summed E-state index contributed by atoms with van der Waals surface area (Å²) in [6.45, 7) is 1.14. The molecule has 0 aromatic carbocycles. The molecule has 0 unspecified atom stereocenters. The number of hydrogen-bond donors (Lipinski definition) is 2. The molecule has 0 radical (unpaired) electrons. The van der Waals surface area contributed by atoms with Gasteiger partial charge in [0.15, 0.2) is 0 Å². The minimum Gasteiger partial charge on any atom is -0.328 e. The quantitative estimate of drug-likeness (QED) is 0.618. The molecule has 2 rings (SSSR count). The number of nitrogens with one attached hydrogen (secondary N) is 1. The topological polar surface area (TPSA) is 38.0 Å². The van der Waals surface area contributed by atoms with E-state index in [1.54, 1.807) is 0 Å². The van der Waals surface area contributed by atoms with E-state index in [0.717, 1.165) is 18.5 Å². The van der Waals surface area contributed by atoms with Crippen LogP contribution in [0.4, 0.5) is 0 Å². The molecule has 2 heteroatoms. The van der Waals surface area contributed by atoms with Crippen LogP contribution >= 0.6 is 0 Å². The van der Waals surface area contributed by atoms with E-state index in [1.165, 1.54) is 38.5 Å². The molecule has 1 saturated heterocycles. The third-order valence-corrected chi connectivity index (χ3v) is 3.45. The van der Waals surface area contributed by atoms with Gasteiger partial charge in [0.2, 0.25) is 0 Å². The van der Waals surface area contributed by atoms with Crippen LogP contribution in [0.3, 0.4) is 0 Å². The van der Waals surface area contributed by atoms with Gasteiger partial charge in [-0.3, -0.25) is 0 Å². The second kappa shape index (κ2) is 3.75. The molecule has 12 heavy (non-hydrogen) atoms. The van der Waals surface area contributed by atoms with Crippen LogP contribution in [0.15, 0.2) is 0 Å². The van der Waals surface area contributed by atoms with Gasteiger partial charge in [0.1, 0.15) is 0 Å². The van der Waals surface area contributed by atoms with Crippen LogP contribution in [0.25, 0.3) is 0 Å². The van der Waals surface area contributed by atoms with Gasteiger partial charge in [0, 0.05) is 12.1 Å². The second-order valence-corrected chi connectivity index (χ2v) is 4.39. The zero-order valence-electron chi connectivity index (χ0n) is 7.76. The normalized spacial score (nSPS) is 38.8. The molecule has 70 valence electrons. The molecule has 0 amide bonds. The average molecular weight is 168 g/mol. The van der Waals surface area contributed by atoms with Crippen molar-refractivity contribution in [3.8, 4) is 0 Å². The van der Waals surface area contributed by atoms with Crippen molar-refractivity contribution >= 4 is 0 Å². The van der Waals surface area contributed by atoms with Gasteiger partial charge in [-0.2, -0.15) is 0 Å². The standard InChI is InChI=1S/C10H20N2/c11-9-5-6-12-10(7-9)8-3-1-2-4-8/h8-10,12H,1-7,11H2/t9-,10+/m1/s1. The van der Waals surface area contributed by atoms with E-state index < -0.39 is 0 Å². The summed E-state index contributed by atoms with van der Waals surface area (Å²) in [7, 11) is 0. The number of rotatable bonds is 1. The molecule has 1 aliphatic heterocycles. The van der Waals surface area contributed by atoms with Crippen LogP contribution in [0.5, 0.6) is 0 Å². The molecule has 0 aromatic rings. The van der Waals surface area contributed by atoms with E-state index in [-0.39, 0.29) is 0 Å². The van der Waals surface area contributed by atoms with Crippen LogP contribution in [-0.4, -0.2) is 18.6 Å². The van der Waals surface area contributed by atoms with Crippen molar-refractivity contribution in [1.29, 1.82) is 0 Å². The van der Waals surface area contributed by atoms with Crippen molar-refractivity contribution in [2.45, 2.75) is 50.6 Å². The van der Waals surface area contributed by atoms with Crippen LogP contribution in [0.2, 0.25) is 0 Å².